The topological polar surface area (TPSA) is 52.7 Å². The molecule has 5 rings (SSSR count). The number of nitrogens with one attached hydrogen (secondary N) is 1. The van der Waals surface area contributed by atoms with E-state index < -0.39 is 11.7 Å². The monoisotopic (exact) mass is 597 g/mol. The number of hydrogen-bond donors (Lipinski definition) is 1. The molecular formula is C36H34F3N3O2. The maximum atomic E-state index is 13.3. The Kier molecular flexibility index (Phi) is 9.60. The van der Waals surface area contributed by atoms with Crippen LogP contribution < -0.4 is 10.2 Å². The molecule has 1 atom stereocenters. The first kappa shape index (κ1) is 30.8. The summed E-state index contributed by atoms with van der Waals surface area (Å²) in [7, 11) is 0. The van der Waals surface area contributed by atoms with Gasteiger partial charge in [-0.1, -0.05) is 84.9 Å². The number of benzene rings is 4. The molecule has 5 nitrogen and oxygen atoms in total. The van der Waals surface area contributed by atoms with Gasteiger partial charge in [0.25, 0.3) is 0 Å². The van der Waals surface area contributed by atoms with Crippen LogP contribution in [0.1, 0.15) is 33.1 Å². The Morgan fingerprint density at radius 2 is 1.45 bits per heavy atom. The predicted molar refractivity (Wildman–Crippen MR) is 168 cm³/mol. The molecule has 1 N–H and O–H groups in total. The van der Waals surface area contributed by atoms with Crippen LogP contribution in [0.3, 0.4) is 0 Å². The highest BCUT2D eigenvalue weighted by Gasteiger charge is 2.31. The van der Waals surface area contributed by atoms with Crippen molar-refractivity contribution in [3.05, 3.63) is 138 Å². The minimum Gasteiger partial charge on any atom is -0.369 e. The lowest BCUT2D eigenvalue weighted by Crippen LogP contribution is -2.51. The van der Waals surface area contributed by atoms with Crippen LogP contribution in [0.4, 0.5) is 18.9 Å². The molecule has 1 heterocycles. The quantitative estimate of drug-likeness (QED) is 0.159. The van der Waals surface area contributed by atoms with Crippen LogP contribution in [-0.2, 0) is 17.4 Å². The molecule has 226 valence electrons. The van der Waals surface area contributed by atoms with Gasteiger partial charge in [-0.05, 0) is 46.5 Å². The van der Waals surface area contributed by atoms with Gasteiger partial charge in [0.2, 0.25) is 5.91 Å². The number of carbonyl (C=O) groups is 2. The molecule has 44 heavy (non-hydrogen) atoms. The Morgan fingerprint density at radius 3 is 2.09 bits per heavy atom. The van der Waals surface area contributed by atoms with Crippen molar-refractivity contribution in [3.8, 4) is 11.1 Å². The first-order valence-corrected chi connectivity index (χ1v) is 14.6. The van der Waals surface area contributed by atoms with Gasteiger partial charge in [-0.2, -0.15) is 13.2 Å². The van der Waals surface area contributed by atoms with E-state index in [0.717, 1.165) is 42.0 Å². The summed E-state index contributed by atoms with van der Waals surface area (Å²) in [6, 6.07) is 29.2. The Morgan fingerprint density at radius 1 is 0.818 bits per heavy atom. The standard InChI is InChI=1S/C36H34F3N3O2/c1-2-20-40-35(44)34(28-8-4-3-5-9-28)42-23-21-41(22-24-42)30-18-12-26(13-19-30)25-33(43)32-11-7-6-10-31(32)27-14-16-29(17-15-27)36(37,38)39/h2-19,34H,1,20-25H2,(H,40,44). The number of piperazine rings is 1. The Bertz CT molecular complexity index is 1580. The van der Waals surface area contributed by atoms with Crippen molar-refractivity contribution in [2.75, 3.05) is 37.6 Å². The molecule has 0 spiro atoms. The molecule has 0 aromatic heterocycles. The van der Waals surface area contributed by atoms with Gasteiger partial charge >= 0.3 is 6.18 Å². The number of hydrogen-bond acceptors (Lipinski definition) is 4. The van der Waals surface area contributed by atoms with E-state index in [2.05, 4.69) is 21.7 Å². The zero-order valence-corrected chi connectivity index (χ0v) is 24.3. The zero-order valence-electron chi connectivity index (χ0n) is 24.3. The molecule has 0 aliphatic carbocycles. The summed E-state index contributed by atoms with van der Waals surface area (Å²) in [6.45, 7) is 7.03. The number of ketones is 1. The van der Waals surface area contributed by atoms with E-state index in [1.54, 1.807) is 30.3 Å². The van der Waals surface area contributed by atoms with Crippen LogP contribution in [0, 0.1) is 0 Å². The number of anilines is 1. The second-order valence-corrected chi connectivity index (χ2v) is 10.8. The first-order valence-electron chi connectivity index (χ1n) is 14.6. The molecule has 4 aromatic rings. The lowest BCUT2D eigenvalue weighted by Gasteiger charge is -2.39. The molecular weight excluding hydrogens is 563 g/mol. The fourth-order valence-electron chi connectivity index (χ4n) is 5.59. The number of rotatable bonds is 10. The number of nitrogens with zero attached hydrogens (tertiary/aromatic N) is 2. The maximum absolute atomic E-state index is 13.3. The lowest BCUT2D eigenvalue weighted by molar-refractivity contribution is -0.137. The van der Waals surface area contributed by atoms with Crippen molar-refractivity contribution in [1.29, 1.82) is 0 Å². The van der Waals surface area contributed by atoms with Crippen LogP contribution in [0.15, 0.2) is 116 Å². The van der Waals surface area contributed by atoms with Gasteiger partial charge in [0, 0.05) is 50.4 Å². The van der Waals surface area contributed by atoms with Gasteiger partial charge < -0.3 is 10.2 Å². The largest absolute Gasteiger partial charge is 0.416 e. The highest BCUT2D eigenvalue weighted by molar-refractivity contribution is 6.03. The molecule has 0 saturated carbocycles. The minimum absolute atomic E-state index is 0.0431. The Labute approximate surface area is 255 Å². The number of carbonyl (C=O) groups excluding carboxylic acids is 2. The van der Waals surface area contributed by atoms with E-state index in [1.807, 2.05) is 54.6 Å². The second-order valence-electron chi connectivity index (χ2n) is 10.8. The van der Waals surface area contributed by atoms with E-state index in [0.29, 0.717) is 36.3 Å². The molecule has 1 saturated heterocycles. The number of halogens is 3. The van der Waals surface area contributed by atoms with Crippen molar-refractivity contribution in [2.24, 2.45) is 0 Å². The normalized spacial score (nSPS) is 14.6. The average molecular weight is 598 g/mol. The van der Waals surface area contributed by atoms with E-state index in [4.69, 9.17) is 0 Å². The second kappa shape index (κ2) is 13.7. The van der Waals surface area contributed by atoms with E-state index >= 15 is 0 Å². The molecule has 0 radical (unpaired) electrons. The summed E-state index contributed by atoms with van der Waals surface area (Å²) < 4.78 is 39.1. The summed E-state index contributed by atoms with van der Waals surface area (Å²) in [5, 5.41) is 2.94. The van der Waals surface area contributed by atoms with Gasteiger partial charge in [0.1, 0.15) is 6.04 Å². The summed E-state index contributed by atoms with van der Waals surface area (Å²) in [4.78, 5) is 30.8. The van der Waals surface area contributed by atoms with E-state index in [-0.39, 0.29) is 24.2 Å². The van der Waals surface area contributed by atoms with Gasteiger partial charge in [-0.25, -0.2) is 0 Å². The highest BCUT2D eigenvalue weighted by atomic mass is 19.4. The van der Waals surface area contributed by atoms with Crippen molar-refractivity contribution in [3.63, 3.8) is 0 Å². The van der Waals surface area contributed by atoms with Crippen LogP contribution in [0.2, 0.25) is 0 Å². The fourth-order valence-corrected chi connectivity index (χ4v) is 5.59. The Balaban J connectivity index is 1.23. The van der Waals surface area contributed by atoms with Crippen molar-refractivity contribution in [1.82, 2.24) is 10.2 Å². The number of amides is 1. The van der Waals surface area contributed by atoms with Gasteiger partial charge in [-0.3, -0.25) is 14.5 Å². The highest BCUT2D eigenvalue weighted by Crippen LogP contribution is 2.32. The molecule has 8 heteroatoms. The van der Waals surface area contributed by atoms with Gasteiger partial charge in [0.15, 0.2) is 5.78 Å². The Hall–Kier alpha value is -4.69. The third kappa shape index (κ3) is 7.26. The van der Waals surface area contributed by atoms with Crippen LogP contribution in [0.25, 0.3) is 11.1 Å². The third-order valence-electron chi connectivity index (χ3n) is 7.88. The van der Waals surface area contributed by atoms with E-state index in [1.165, 1.54) is 12.1 Å². The smallest absolute Gasteiger partial charge is 0.369 e. The summed E-state index contributed by atoms with van der Waals surface area (Å²) >= 11 is 0. The van der Waals surface area contributed by atoms with E-state index in [9.17, 15) is 22.8 Å². The molecule has 1 aliphatic heterocycles. The molecule has 1 unspecified atom stereocenters. The van der Waals surface area contributed by atoms with Gasteiger partial charge in [0.05, 0.1) is 5.56 Å². The zero-order chi connectivity index (χ0) is 31.1. The van der Waals surface area contributed by atoms with Crippen LogP contribution >= 0.6 is 0 Å². The third-order valence-corrected chi connectivity index (χ3v) is 7.88. The van der Waals surface area contributed by atoms with Crippen molar-refractivity contribution < 1.29 is 22.8 Å². The number of Topliss-reactive ketones (excluding diaryl/α,β-unsaturated/α-hetero) is 1. The van der Waals surface area contributed by atoms with Crippen LogP contribution in [-0.4, -0.2) is 49.3 Å². The van der Waals surface area contributed by atoms with Crippen molar-refractivity contribution in [2.45, 2.75) is 18.6 Å². The lowest BCUT2D eigenvalue weighted by atomic mass is 9.93. The molecule has 1 fully saturated rings. The SMILES string of the molecule is C=CCNC(=O)C(c1ccccc1)N1CCN(c2ccc(CC(=O)c3ccccc3-c3ccc(C(F)(F)F)cc3)cc2)CC1. The first-order chi connectivity index (χ1) is 21.2. The summed E-state index contributed by atoms with van der Waals surface area (Å²) in [5.74, 6) is -0.151. The summed E-state index contributed by atoms with van der Waals surface area (Å²) in [6.07, 6.45) is -2.57. The van der Waals surface area contributed by atoms with Crippen LogP contribution in [0.5, 0.6) is 0 Å². The minimum atomic E-state index is -4.42. The number of alkyl halides is 3. The fraction of sp³-hybridized carbons (Fsp3) is 0.222. The molecule has 1 amide bonds. The molecule has 4 aromatic carbocycles. The summed E-state index contributed by atoms with van der Waals surface area (Å²) in [5.41, 5.74) is 3.75. The predicted octanol–water partition coefficient (Wildman–Crippen LogP) is 6.96. The molecule has 1 aliphatic rings. The average Bonchev–Trinajstić information content (AvgIpc) is 3.05. The molecule has 0 bridgehead atoms. The van der Waals surface area contributed by atoms with Gasteiger partial charge in [-0.15, -0.1) is 6.58 Å². The van der Waals surface area contributed by atoms with Crippen molar-refractivity contribution >= 4 is 17.4 Å². The maximum Gasteiger partial charge on any atom is 0.416 e.